The Kier molecular flexibility index (Phi) is 3.11. The number of rotatable bonds is 2. The monoisotopic (exact) mass is 347 g/mol. The Morgan fingerprint density at radius 1 is 0.577 bits per heavy atom. The predicted molar refractivity (Wildman–Crippen MR) is 104 cm³/mol. The third kappa shape index (κ3) is 2.07. The van der Waals surface area contributed by atoms with E-state index in [9.17, 15) is 0 Å². The maximum atomic E-state index is 5.16. The number of pyridine rings is 1. The highest BCUT2D eigenvalue weighted by Crippen LogP contribution is 2.63. The molecular weight excluding hydrogens is 314 g/mol. The molecule has 1 nitrogen and oxygen atoms in total. The summed E-state index contributed by atoms with van der Waals surface area (Å²) in [6.07, 6.45) is 17.5. The normalized spacial score (nSPS) is 53.4. The molecule has 0 amide bonds. The zero-order chi connectivity index (χ0) is 16.8. The van der Waals surface area contributed by atoms with E-state index in [0.717, 1.165) is 59.2 Å². The molecule has 8 bridgehead atoms. The molecule has 8 saturated carbocycles. The molecule has 8 fully saturated rings. The maximum Gasteiger partial charge on any atom is 0.0474 e. The van der Waals surface area contributed by atoms with Gasteiger partial charge in [-0.3, -0.25) is 4.98 Å². The molecule has 26 heavy (non-hydrogen) atoms. The van der Waals surface area contributed by atoms with Gasteiger partial charge in [-0.2, -0.15) is 0 Å². The van der Waals surface area contributed by atoms with Gasteiger partial charge in [0, 0.05) is 17.8 Å². The van der Waals surface area contributed by atoms with Crippen molar-refractivity contribution in [1.29, 1.82) is 0 Å². The molecule has 1 heterocycles. The second-order valence-electron chi connectivity index (χ2n) is 11.4. The largest absolute Gasteiger partial charge is 0.261 e. The van der Waals surface area contributed by atoms with E-state index < -0.39 is 0 Å². The van der Waals surface area contributed by atoms with Crippen LogP contribution in [-0.4, -0.2) is 4.98 Å². The summed E-state index contributed by atoms with van der Waals surface area (Å²) in [4.78, 5) is 5.16. The zero-order valence-electron chi connectivity index (χ0n) is 16.0. The van der Waals surface area contributed by atoms with Crippen molar-refractivity contribution >= 4 is 0 Å². The lowest BCUT2D eigenvalue weighted by atomic mass is 9.48. The van der Waals surface area contributed by atoms with E-state index in [1.165, 1.54) is 51.4 Å². The van der Waals surface area contributed by atoms with Gasteiger partial charge >= 0.3 is 0 Å². The Morgan fingerprint density at radius 3 is 1.54 bits per heavy atom. The summed E-state index contributed by atoms with van der Waals surface area (Å²) in [5.74, 6) is 9.90. The van der Waals surface area contributed by atoms with E-state index in [1.54, 1.807) is 24.1 Å². The van der Waals surface area contributed by atoms with Crippen LogP contribution in [0.15, 0.2) is 18.3 Å². The molecule has 1 aromatic rings. The topological polar surface area (TPSA) is 12.9 Å². The van der Waals surface area contributed by atoms with E-state index in [2.05, 4.69) is 18.3 Å². The van der Waals surface area contributed by atoms with Crippen molar-refractivity contribution < 1.29 is 0 Å². The highest BCUT2D eigenvalue weighted by molar-refractivity contribution is 5.33. The summed E-state index contributed by atoms with van der Waals surface area (Å²) in [5.41, 5.74) is 3.33. The van der Waals surface area contributed by atoms with Gasteiger partial charge in [-0.25, -0.2) is 0 Å². The second kappa shape index (κ2) is 5.36. The second-order valence-corrected chi connectivity index (χ2v) is 11.4. The van der Waals surface area contributed by atoms with Crippen LogP contribution >= 0.6 is 0 Å². The molecule has 0 spiro atoms. The van der Waals surface area contributed by atoms with Crippen LogP contribution in [0, 0.1) is 47.3 Å². The van der Waals surface area contributed by atoms with Crippen LogP contribution in [0.4, 0.5) is 0 Å². The molecule has 8 aliphatic carbocycles. The lowest BCUT2D eigenvalue weighted by Crippen LogP contribution is -2.46. The van der Waals surface area contributed by atoms with Crippen LogP contribution in [0.3, 0.4) is 0 Å². The summed E-state index contributed by atoms with van der Waals surface area (Å²) in [6.45, 7) is 0. The molecule has 8 aliphatic rings. The minimum atomic E-state index is 0.816. The number of nitrogens with zero attached hydrogens (tertiary/aromatic N) is 1. The first-order valence-electron chi connectivity index (χ1n) is 11.8. The van der Waals surface area contributed by atoms with E-state index in [0.29, 0.717) is 0 Å². The van der Waals surface area contributed by atoms with Gasteiger partial charge in [0.05, 0.1) is 0 Å². The standard InChI is InChI=1S/C25H33N/c1-2-22(23-18-6-14-4-15(8-18)9-19(23)7-14)25(26-3-1)24-20-10-16-5-17(12-20)13-21(24)11-16/h1-3,14-21,23-24H,4-13H2. The fraction of sp³-hybridized carbons (Fsp3) is 0.800. The van der Waals surface area contributed by atoms with Crippen LogP contribution in [0.25, 0.3) is 0 Å². The Balaban J connectivity index is 1.28. The number of hydrogen-bond acceptors (Lipinski definition) is 1. The SMILES string of the molecule is c1cnc(C2C3CC4CC(C3)CC2C4)c(C2C3CC4CC(C3)CC2C4)c1. The maximum absolute atomic E-state index is 5.16. The Labute approximate surface area is 158 Å². The van der Waals surface area contributed by atoms with Crippen molar-refractivity contribution in [1.82, 2.24) is 4.98 Å². The number of hydrogen-bond donors (Lipinski definition) is 0. The molecule has 1 heteroatoms. The van der Waals surface area contributed by atoms with E-state index in [4.69, 9.17) is 4.98 Å². The first-order valence-corrected chi connectivity index (χ1v) is 11.8. The van der Waals surface area contributed by atoms with E-state index >= 15 is 0 Å². The molecular formula is C25H33N. The number of aromatic nitrogens is 1. The van der Waals surface area contributed by atoms with Crippen molar-refractivity contribution in [2.45, 2.75) is 76.0 Å². The molecule has 0 radical (unpaired) electrons. The van der Waals surface area contributed by atoms with Crippen molar-refractivity contribution in [2.24, 2.45) is 47.3 Å². The minimum Gasteiger partial charge on any atom is -0.261 e. The van der Waals surface area contributed by atoms with Crippen LogP contribution in [0.2, 0.25) is 0 Å². The van der Waals surface area contributed by atoms with Crippen molar-refractivity contribution in [3.63, 3.8) is 0 Å². The Bertz CT molecular complexity index is 604. The molecule has 0 saturated heterocycles. The van der Waals surface area contributed by atoms with E-state index in [1.807, 2.05) is 0 Å². The molecule has 0 aromatic carbocycles. The van der Waals surface area contributed by atoms with Crippen LogP contribution < -0.4 is 0 Å². The quantitative estimate of drug-likeness (QED) is 0.624. The first kappa shape index (κ1) is 15.1. The van der Waals surface area contributed by atoms with Gasteiger partial charge in [-0.05, 0) is 129 Å². The summed E-state index contributed by atoms with van der Waals surface area (Å²) in [6, 6.07) is 4.79. The molecule has 0 aliphatic heterocycles. The zero-order valence-corrected chi connectivity index (χ0v) is 16.0. The highest BCUT2D eigenvalue weighted by atomic mass is 14.7. The minimum absolute atomic E-state index is 0.816. The average Bonchev–Trinajstić information content (AvgIpc) is 2.61. The summed E-state index contributed by atoms with van der Waals surface area (Å²) < 4.78 is 0. The van der Waals surface area contributed by atoms with Crippen molar-refractivity contribution in [2.75, 3.05) is 0 Å². The molecule has 1 aromatic heterocycles. The Hall–Kier alpha value is -0.850. The van der Waals surface area contributed by atoms with Gasteiger partial charge in [0.2, 0.25) is 0 Å². The molecule has 0 N–H and O–H groups in total. The summed E-state index contributed by atoms with van der Waals surface area (Å²) in [5, 5.41) is 0. The lowest BCUT2D eigenvalue weighted by Gasteiger charge is -2.57. The van der Waals surface area contributed by atoms with Crippen LogP contribution in [-0.2, 0) is 0 Å². The summed E-state index contributed by atoms with van der Waals surface area (Å²) in [7, 11) is 0. The highest BCUT2D eigenvalue weighted by Gasteiger charge is 2.52. The van der Waals surface area contributed by atoms with Crippen LogP contribution in [0.1, 0.15) is 87.3 Å². The molecule has 9 rings (SSSR count). The third-order valence-electron chi connectivity index (χ3n) is 10.00. The van der Waals surface area contributed by atoms with Gasteiger partial charge in [-0.1, -0.05) is 6.07 Å². The van der Waals surface area contributed by atoms with Gasteiger partial charge < -0.3 is 0 Å². The molecule has 0 atom stereocenters. The summed E-state index contributed by atoms with van der Waals surface area (Å²) >= 11 is 0. The smallest absolute Gasteiger partial charge is 0.0474 e. The molecule has 138 valence electrons. The van der Waals surface area contributed by atoms with Gasteiger partial charge in [0.25, 0.3) is 0 Å². The van der Waals surface area contributed by atoms with Crippen LogP contribution in [0.5, 0.6) is 0 Å². The van der Waals surface area contributed by atoms with Gasteiger partial charge in [0.15, 0.2) is 0 Å². The molecule has 0 unspecified atom stereocenters. The average molecular weight is 348 g/mol. The van der Waals surface area contributed by atoms with Crippen molar-refractivity contribution in [3.8, 4) is 0 Å². The fourth-order valence-corrected chi connectivity index (χ4v) is 9.80. The third-order valence-corrected chi connectivity index (χ3v) is 10.00. The van der Waals surface area contributed by atoms with Crippen molar-refractivity contribution in [3.05, 3.63) is 29.6 Å². The predicted octanol–water partition coefficient (Wildman–Crippen LogP) is 6.16. The van der Waals surface area contributed by atoms with Gasteiger partial charge in [-0.15, -0.1) is 0 Å². The first-order chi connectivity index (χ1) is 12.8. The van der Waals surface area contributed by atoms with Gasteiger partial charge in [0.1, 0.15) is 0 Å². The lowest BCUT2D eigenvalue weighted by molar-refractivity contribution is -0.0123. The fourth-order valence-electron chi connectivity index (χ4n) is 9.80. The Morgan fingerprint density at radius 2 is 1.04 bits per heavy atom. The van der Waals surface area contributed by atoms with E-state index in [-0.39, 0.29) is 0 Å².